The minimum absolute atomic E-state index is 0.0977. The van der Waals surface area contributed by atoms with Gasteiger partial charge in [-0.25, -0.2) is 4.39 Å². The average molecular weight is 345 g/mol. The van der Waals surface area contributed by atoms with Crippen LogP contribution in [0.5, 0.6) is 0 Å². The molecule has 0 heterocycles. The smallest absolute Gasteiger partial charge is 0.254 e. The summed E-state index contributed by atoms with van der Waals surface area (Å²) < 4.78 is 13.5. The number of benzene rings is 1. The van der Waals surface area contributed by atoms with Crippen molar-refractivity contribution in [3.8, 4) is 0 Å². The number of carbonyl (C=O) groups excluding carboxylic acids is 1. The molecule has 1 aliphatic rings. The minimum Gasteiger partial charge on any atom is -0.393 e. The highest BCUT2D eigenvalue weighted by Gasteiger charge is 2.32. The van der Waals surface area contributed by atoms with Gasteiger partial charge in [-0.2, -0.15) is 0 Å². The normalized spacial score (nSPS) is 14.2. The number of nitrogens with zero attached hydrogens (tertiary/aromatic N) is 1. The number of hydrogen-bond donors (Lipinski definition) is 1. The molecule has 0 aromatic heterocycles. The van der Waals surface area contributed by atoms with Crippen molar-refractivity contribution in [2.45, 2.75) is 25.3 Å². The van der Waals surface area contributed by atoms with Crippen molar-refractivity contribution < 1.29 is 9.18 Å². The van der Waals surface area contributed by atoms with Crippen molar-refractivity contribution in [1.29, 1.82) is 0 Å². The fraction of sp³-hybridized carbons (Fsp3) is 0.385. The van der Waals surface area contributed by atoms with Crippen molar-refractivity contribution in [2.75, 3.05) is 6.54 Å². The molecular formula is C13H14BrFN2OS. The summed E-state index contributed by atoms with van der Waals surface area (Å²) in [6.07, 6.45) is 2.52. The lowest BCUT2D eigenvalue weighted by Crippen LogP contribution is -2.35. The highest BCUT2D eigenvalue weighted by Crippen LogP contribution is 2.29. The van der Waals surface area contributed by atoms with Gasteiger partial charge in [0.1, 0.15) is 5.82 Å². The van der Waals surface area contributed by atoms with Crippen LogP contribution in [-0.2, 0) is 0 Å². The highest BCUT2D eigenvalue weighted by molar-refractivity contribution is 9.10. The fourth-order valence-electron chi connectivity index (χ4n) is 1.86. The summed E-state index contributed by atoms with van der Waals surface area (Å²) in [5, 5.41) is 0. The Bertz CT molecular complexity index is 519. The van der Waals surface area contributed by atoms with Crippen LogP contribution in [0.15, 0.2) is 22.7 Å². The van der Waals surface area contributed by atoms with E-state index in [-0.39, 0.29) is 17.8 Å². The molecule has 19 heavy (non-hydrogen) atoms. The monoisotopic (exact) mass is 344 g/mol. The summed E-state index contributed by atoms with van der Waals surface area (Å²) in [6.45, 7) is 0.522. The van der Waals surface area contributed by atoms with E-state index in [0.717, 1.165) is 12.8 Å². The average Bonchev–Trinajstić information content (AvgIpc) is 3.16. The molecule has 1 saturated carbocycles. The summed E-state index contributed by atoms with van der Waals surface area (Å²) in [4.78, 5) is 14.6. The molecule has 6 heteroatoms. The number of hydrogen-bond acceptors (Lipinski definition) is 2. The van der Waals surface area contributed by atoms with E-state index in [2.05, 4.69) is 15.9 Å². The Balaban J connectivity index is 2.14. The van der Waals surface area contributed by atoms with E-state index in [4.69, 9.17) is 18.0 Å². The lowest BCUT2D eigenvalue weighted by atomic mass is 10.2. The maximum Gasteiger partial charge on any atom is 0.254 e. The van der Waals surface area contributed by atoms with Crippen LogP contribution in [0.25, 0.3) is 0 Å². The molecule has 0 radical (unpaired) electrons. The van der Waals surface area contributed by atoms with E-state index in [1.165, 1.54) is 18.2 Å². The molecule has 0 aliphatic heterocycles. The standard InChI is InChI=1S/C13H14BrFN2OS/c14-10-7-8(1-4-11(10)15)13(18)17(9-2-3-9)6-5-12(16)19/h1,4,7,9H,2-3,5-6H2,(H2,16,19). The van der Waals surface area contributed by atoms with Crippen LogP contribution < -0.4 is 5.73 Å². The molecule has 0 bridgehead atoms. The van der Waals surface area contributed by atoms with Crippen molar-refractivity contribution in [3.63, 3.8) is 0 Å². The van der Waals surface area contributed by atoms with Gasteiger partial charge in [0.05, 0.1) is 9.46 Å². The van der Waals surface area contributed by atoms with Crippen molar-refractivity contribution in [1.82, 2.24) is 4.90 Å². The number of carbonyl (C=O) groups is 1. The topological polar surface area (TPSA) is 46.3 Å². The quantitative estimate of drug-likeness (QED) is 0.835. The number of halogens is 2. The molecule has 1 amide bonds. The first-order valence-electron chi connectivity index (χ1n) is 6.03. The van der Waals surface area contributed by atoms with Gasteiger partial charge in [-0.3, -0.25) is 4.79 Å². The lowest BCUT2D eigenvalue weighted by molar-refractivity contribution is 0.0748. The van der Waals surface area contributed by atoms with E-state index < -0.39 is 0 Å². The molecule has 1 aliphatic carbocycles. The van der Waals surface area contributed by atoms with Gasteiger partial charge in [0, 0.05) is 24.6 Å². The third kappa shape index (κ3) is 3.73. The molecule has 0 saturated heterocycles. The summed E-state index contributed by atoms with van der Waals surface area (Å²) in [5.41, 5.74) is 5.96. The van der Waals surface area contributed by atoms with Gasteiger partial charge in [0.2, 0.25) is 0 Å². The second-order valence-corrected chi connectivity index (χ2v) is 5.95. The Kier molecular flexibility index (Phi) is 4.52. The van der Waals surface area contributed by atoms with Gasteiger partial charge in [-0.15, -0.1) is 0 Å². The van der Waals surface area contributed by atoms with Gasteiger partial charge in [0.15, 0.2) is 0 Å². The Hall–Kier alpha value is -1.01. The fourth-order valence-corrected chi connectivity index (χ4v) is 2.33. The van der Waals surface area contributed by atoms with E-state index in [1.807, 2.05) is 0 Å². The van der Waals surface area contributed by atoms with Crippen molar-refractivity contribution in [2.24, 2.45) is 5.73 Å². The zero-order valence-electron chi connectivity index (χ0n) is 10.2. The van der Waals surface area contributed by atoms with Crippen LogP contribution in [0.2, 0.25) is 0 Å². The molecule has 0 unspecified atom stereocenters. The van der Waals surface area contributed by atoms with E-state index in [9.17, 15) is 9.18 Å². The third-order valence-corrected chi connectivity index (χ3v) is 3.83. The number of nitrogens with two attached hydrogens (primary N) is 1. The summed E-state index contributed by atoms with van der Waals surface area (Å²) in [5.74, 6) is -0.475. The van der Waals surface area contributed by atoms with E-state index in [0.29, 0.717) is 28.0 Å². The van der Waals surface area contributed by atoms with Crippen LogP contribution in [0.1, 0.15) is 29.6 Å². The number of rotatable bonds is 5. The Morgan fingerprint density at radius 3 is 2.74 bits per heavy atom. The molecule has 1 aromatic carbocycles. The summed E-state index contributed by atoms with van der Waals surface area (Å²) >= 11 is 7.94. The van der Waals surface area contributed by atoms with E-state index >= 15 is 0 Å². The first kappa shape index (κ1) is 14.4. The van der Waals surface area contributed by atoms with Gasteiger partial charge < -0.3 is 10.6 Å². The van der Waals surface area contributed by atoms with E-state index in [1.54, 1.807) is 4.90 Å². The number of thiocarbonyl (C=S) groups is 1. The van der Waals surface area contributed by atoms with Crippen LogP contribution in [0.3, 0.4) is 0 Å². The van der Waals surface area contributed by atoms with Crippen LogP contribution in [-0.4, -0.2) is 28.4 Å². The van der Waals surface area contributed by atoms with Crippen molar-refractivity contribution in [3.05, 3.63) is 34.1 Å². The van der Waals surface area contributed by atoms with Crippen LogP contribution >= 0.6 is 28.1 Å². The van der Waals surface area contributed by atoms with Crippen LogP contribution in [0.4, 0.5) is 4.39 Å². The summed E-state index contributed by atoms with van der Waals surface area (Å²) in [6, 6.07) is 4.56. The molecule has 3 nitrogen and oxygen atoms in total. The molecule has 1 aromatic rings. The maximum absolute atomic E-state index is 13.2. The minimum atomic E-state index is -0.377. The van der Waals surface area contributed by atoms with Gasteiger partial charge in [0.25, 0.3) is 5.91 Å². The molecule has 0 spiro atoms. The predicted molar refractivity (Wildman–Crippen MR) is 79.6 cm³/mol. The second-order valence-electron chi connectivity index (χ2n) is 4.57. The third-order valence-electron chi connectivity index (χ3n) is 3.01. The Labute approximate surface area is 125 Å². The second kappa shape index (κ2) is 5.96. The SMILES string of the molecule is NC(=S)CCN(C(=O)c1ccc(F)c(Br)c1)C1CC1. The molecule has 1 fully saturated rings. The zero-order valence-corrected chi connectivity index (χ0v) is 12.6. The highest BCUT2D eigenvalue weighted by atomic mass is 79.9. The van der Waals surface area contributed by atoms with Gasteiger partial charge in [-0.05, 0) is 47.0 Å². The molecule has 2 rings (SSSR count). The number of amides is 1. The van der Waals surface area contributed by atoms with Gasteiger partial charge in [-0.1, -0.05) is 12.2 Å². The Morgan fingerprint density at radius 1 is 1.53 bits per heavy atom. The largest absolute Gasteiger partial charge is 0.393 e. The van der Waals surface area contributed by atoms with Crippen LogP contribution in [0, 0.1) is 5.82 Å². The molecular weight excluding hydrogens is 331 g/mol. The van der Waals surface area contributed by atoms with Gasteiger partial charge >= 0.3 is 0 Å². The first-order valence-corrected chi connectivity index (χ1v) is 7.23. The first-order chi connectivity index (χ1) is 8.99. The molecule has 2 N–H and O–H groups in total. The summed E-state index contributed by atoms with van der Waals surface area (Å²) in [7, 11) is 0. The van der Waals surface area contributed by atoms with Crippen molar-refractivity contribution >= 4 is 39.0 Å². The molecule has 0 atom stereocenters. The molecule has 102 valence electrons. The maximum atomic E-state index is 13.2. The Morgan fingerprint density at radius 2 is 2.21 bits per heavy atom. The zero-order chi connectivity index (χ0) is 14.0. The predicted octanol–water partition coefficient (Wildman–Crippen LogP) is 2.87. The lowest BCUT2D eigenvalue weighted by Gasteiger charge is -2.22.